The number of thiazole rings is 1. The topological polar surface area (TPSA) is 45.6 Å². The molecule has 4 nitrogen and oxygen atoms in total. The van der Waals surface area contributed by atoms with Crippen molar-refractivity contribution in [3.8, 4) is 0 Å². The molecule has 0 fully saturated rings. The van der Waals surface area contributed by atoms with Gasteiger partial charge in [-0.1, -0.05) is 72.0 Å². The Morgan fingerprint density at radius 1 is 0.900 bits per heavy atom. The zero-order valence-electron chi connectivity index (χ0n) is 16.7. The number of rotatable bonds is 3. The highest BCUT2D eigenvalue weighted by atomic mass is 32.1. The Morgan fingerprint density at radius 3 is 2.30 bits per heavy atom. The molecule has 0 saturated heterocycles. The van der Waals surface area contributed by atoms with Gasteiger partial charge in [-0.25, -0.2) is 14.9 Å². The van der Waals surface area contributed by atoms with Gasteiger partial charge >= 0.3 is 0 Å². The van der Waals surface area contributed by atoms with Gasteiger partial charge in [-0.15, -0.1) is 0 Å². The smallest absolute Gasteiger partial charge is 0.266 e. The average Bonchev–Trinajstić information content (AvgIpc) is 3.30. The van der Waals surface area contributed by atoms with E-state index >= 15 is 0 Å². The third-order valence-corrected chi connectivity index (χ3v) is 6.18. The predicted octanol–water partition coefficient (Wildman–Crippen LogP) is 5.75. The fourth-order valence-corrected chi connectivity index (χ4v) is 4.49. The van der Waals surface area contributed by atoms with Crippen LogP contribution in [-0.4, -0.2) is 16.7 Å². The Bertz CT molecular complexity index is 1280. The van der Waals surface area contributed by atoms with E-state index in [4.69, 9.17) is 9.98 Å². The van der Waals surface area contributed by atoms with Crippen molar-refractivity contribution in [2.75, 3.05) is 4.90 Å². The highest BCUT2D eigenvalue weighted by Gasteiger charge is 2.34. The number of aromatic nitrogens is 1. The summed E-state index contributed by atoms with van der Waals surface area (Å²) in [5, 5.41) is 0.638. The Balaban J connectivity index is 1.65. The molecule has 30 heavy (non-hydrogen) atoms. The first-order valence-corrected chi connectivity index (χ1v) is 10.5. The lowest BCUT2D eigenvalue weighted by Crippen LogP contribution is -2.32. The standard InChI is InChI=1S/C25H19N3OS/c1-16-13-20-22(14-17(16)2)30-25(27-20)28-23(19-11-7-4-8-12-19)26-21(24(28)29)15-18-9-5-3-6-10-18/h3-15H,1-2H3/b21-15-. The molecule has 2 heterocycles. The summed E-state index contributed by atoms with van der Waals surface area (Å²) < 4.78 is 1.06. The van der Waals surface area contributed by atoms with Crippen LogP contribution < -0.4 is 4.90 Å². The van der Waals surface area contributed by atoms with Crippen molar-refractivity contribution < 1.29 is 4.79 Å². The van der Waals surface area contributed by atoms with Crippen LogP contribution in [0.15, 0.2) is 83.5 Å². The van der Waals surface area contributed by atoms with E-state index < -0.39 is 0 Å². The van der Waals surface area contributed by atoms with Crippen molar-refractivity contribution in [3.63, 3.8) is 0 Å². The molecule has 0 atom stereocenters. The first-order valence-electron chi connectivity index (χ1n) is 9.73. The molecule has 0 spiro atoms. The third kappa shape index (κ3) is 3.23. The number of carbonyl (C=O) groups excluding carboxylic acids is 1. The molecule has 0 radical (unpaired) electrons. The monoisotopic (exact) mass is 409 g/mol. The largest absolute Gasteiger partial charge is 0.284 e. The molecule has 146 valence electrons. The molecular formula is C25H19N3OS. The summed E-state index contributed by atoms with van der Waals surface area (Å²) in [6.45, 7) is 4.17. The summed E-state index contributed by atoms with van der Waals surface area (Å²) in [5.41, 5.74) is 5.54. The molecule has 0 bridgehead atoms. The number of benzene rings is 3. The molecule has 0 N–H and O–H groups in total. The van der Waals surface area contributed by atoms with Gasteiger partial charge < -0.3 is 0 Å². The molecular weight excluding hydrogens is 390 g/mol. The van der Waals surface area contributed by atoms with E-state index in [2.05, 4.69) is 26.0 Å². The lowest BCUT2D eigenvalue weighted by atomic mass is 10.1. The lowest BCUT2D eigenvalue weighted by Gasteiger charge is -2.14. The van der Waals surface area contributed by atoms with Gasteiger partial charge in [0.2, 0.25) is 0 Å². The molecule has 5 heteroatoms. The van der Waals surface area contributed by atoms with Gasteiger partial charge in [0.15, 0.2) is 5.13 Å². The minimum Gasteiger partial charge on any atom is -0.266 e. The second-order valence-corrected chi connectivity index (χ2v) is 8.29. The Morgan fingerprint density at radius 2 is 1.57 bits per heavy atom. The van der Waals surface area contributed by atoms with Gasteiger partial charge in [-0.05, 0) is 48.7 Å². The molecule has 3 aromatic carbocycles. The van der Waals surface area contributed by atoms with Gasteiger partial charge in [-0.3, -0.25) is 4.79 Å². The number of hydrogen-bond acceptors (Lipinski definition) is 4. The zero-order chi connectivity index (χ0) is 20.7. The van der Waals surface area contributed by atoms with Crippen molar-refractivity contribution >= 4 is 44.5 Å². The minimum atomic E-state index is -0.162. The highest BCUT2D eigenvalue weighted by Crippen LogP contribution is 2.35. The number of hydrogen-bond donors (Lipinski definition) is 0. The molecule has 1 aliphatic heterocycles. The van der Waals surface area contributed by atoms with Crippen molar-refractivity contribution in [2.24, 2.45) is 4.99 Å². The molecule has 0 aliphatic carbocycles. The Hall–Kier alpha value is -3.57. The van der Waals surface area contributed by atoms with Crippen LogP contribution in [0.4, 0.5) is 5.13 Å². The van der Waals surface area contributed by atoms with Crippen molar-refractivity contribution in [3.05, 3.63) is 101 Å². The van der Waals surface area contributed by atoms with Gasteiger partial charge in [0.05, 0.1) is 10.2 Å². The van der Waals surface area contributed by atoms with E-state index in [1.165, 1.54) is 22.5 Å². The van der Waals surface area contributed by atoms with Crippen molar-refractivity contribution in [1.29, 1.82) is 0 Å². The van der Waals surface area contributed by atoms with E-state index in [1.54, 1.807) is 4.90 Å². The summed E-state index contributed by atoms with van der Waals surface area (Å²) in [4.78, 5) is 24.6. The number of carbonyl (C=O) groups is 1. The number of anilines is 1. The summed E-state index contributed by atoms with van der Waals surface area (Å²) >= 11 is 1.51. The number of nitrogens with zero attached hydrogens (tertiary/aromatic N) is 3. The SMILES string of the molecule is Cc1cc2nc(N3C(=O)/C(=C/c4ccccc4)N=C3c3ccccc3)sc2cc1C. The lowest BCUT2D eigenvalue weighted by molar-refractivity contribution is -0.113. The molecule has 1 aromatic heterocycles. The third-order valence-electron chi connectivity index (χ3n) is 5.18. The first kappa shape index (κ1) is 18.5. The molecule has 1 amide bonds. The maximum Gasteiger partial charge on any atom is 0.284 e. The van der Waals surface area contributed by atoms with E-state index in [0.29, 0.717) is 16.7 Å². The van der Waals surface area contributed by atoms with Gasteiger partial charge in [0, 0.05) is 5.56 Å². The van der Waals surface area contributed by atoms with Crippen LogP contribution in [0.3, 0.4) is 0 Å². The zero-order valence-corrected chi connectivity index (χ0v) is 17.5. The molecule has 0 unspecified atom stereocenters. The van der Waals surface area contributed by atoms with E-state index in [9.17, 15) is 4.79 Å². The predicted molar refractivity (Wildman–Crippen MR) is 124 cm³/mol. The van der Waals surface area contributed by atoms with Crippen LogP contribution in [0, 0.1) is 13.8 Å². The number of aryl methyl sites for hydroxylation is 2. The number of amides is 1. The molecule has 0 saturated carbocycles. The summed E-state index contributed by atoms with van der Waals surface area (Å²) in [6.07, 6.45) is 1.83. The summed E-state index contributed by atoms with van der Waals surface area (Å²) in [7, 11) is 0. The molecule has 1 aliphatic rings. The van der Waals surface area contributed by atoms with E-state index in [-0.39, 0.29) is 5.91 Å². The molecule has 5 rings (SSSR count). The number of amidine groups is 1. The van der Waals surface area contributed by atoms with Crippen LogP contribution >= 0.6 is 11.3 Å². The Labute approximate surface area is 178 Å². The Kier molecular flexibility index (Phi) is 4.52. The van der Waals surface area contributed by atoms with Gasteiger partial charge in [-0.2, -0.15) is 0 Å². The minimum absolute atomic E-state index is 0.162. The maximum atomic E-state index is 13.4. The maximum absolute atomic E-state index is 13.4. The molecule has 4 aromatic rings. The normalized spacial score (nSPS) is 15.3. The highest BCUT2D eigenvalue weighted by molar-refractivity contribution is 7.22. The summed E-state index contributed by atoms with van der Waals surface area (Å²) in [6, 6.07) is 23.8. The van der Waals surface area contributed by atoms with Crippen LogP contribution in [0.2, 0.25) is 0 Å². The summed E-state index contributed by atoms with van der Waals surface area (Å²) in [5.74, 6) is 0.445. The van der Waals surface area contributed by atoms with Gasteiger partial charge in [0.25, 0.3) is 5.91 Å². The first-order chi connectivity index (χ1) is 14.6. The van der Waals surface area contributed by atoms with E-state index in [0.717, 1.165) is 21.3 Å². The van der Waals surface area contributed by atoms with Crippen LogP contribution in [0.1, 0.15) is 22.3 Å². The van der Waals surface area contributed by atoms with Crippen LogP contribution in [0.5, 0.6) is 0 Å². The quantitative estimate of drug-likeness (QED) is 0.405. The van der Waals surface area contributed by atoms with Gasteiger partial charge in [0.1, 0.15) is 11.5 Å². The van der Waals surface area contributed by atoms with Crippen LogP contribution in [0.25, 0.3) is 16.3 Å². The second-order valence-electron chi connectivity index (χ2n) is 7.28. The second kappa shape index (κ2) is 7.35. The average molecular weight is 410 g/mol. The van der Waals surface area contributed by atoms with Crippen molar-refractivity contribution in [1.82, 2.24) is 4.98 Å². The number of aliphatic imine (C=N–C) groups is 1. The van der Waals surface area contributed by atoms with Crippen molar-refractivity contribution in [2.45, 2.75) is 13.8 Å². The van der Waals surface area contributed by atoms with Crippen LogP contribution in [-0.2, 0) is 4.79 Å². The fraction of sp³-hybridized carbons (Fsp3) is 0.0800. The van der Waals surface area contributed by atoms with E-state index in [1.807, 2.05) is 66.7 Å². The number of fused-ring (bicyclic) bond motifs is 1. The fourth-order valence-electron chi connectivity index (χ4n) is 3.45.